The molecule has 5 nitrogen and oxygen atoms in total. The number of anilines is 1. The molecule has 1 aromatic carbocycles. The summed E-state index contributed by atoms with van der Waals surface area (Å²) in [6.45, 7) is 3.68. The molecule has 0 heterocycles. The SMILES string of the molecule is COCC(C)(C)NS(=O)(=O)c1cc(N)ccc1Cl. The van der Waals surface area contributed by atoms with Crippen LogP contribution in [0.15, 0.2) is 23.1 Å². The highest BCUT2D eigenvalue weighted by atomic mass is 35.5. The average Bonchev–Trinajstić information content (AvgIpc) is 2.19. The van der Waals surface area contributed by atoms with E-state index in [-0.39, 0.29) is 16.5 Å². The lowest BCUT2D eigenvalue weighted by molar-refractivity contribution is 0.141. The second kappa shape index (κ2) is 5.44. The molecule has 3 N–H and O–H groups in total. The van der Waals surface area contributed by atoms with E-state index in [2.05, 4.69) is 4.72 Å². The van der Waals surface area contributed by atoms with Crippen LogP contribution in [0, 0.1) is 0 Å². The normalized spacial score (nSPS) is 12.7. The van der Waals surface area contributed by atoms with Crippen molar-refractivity contribution < 1.29 is 13.2 Å². The molecule has 0 unspecified atom stereocenters. The van der Waals surface area contributed by atoms with Crippen LogP contribution in [0.5, 0.6) is 0 Å². The van der Waals surface area contributed by atoms with Crippen LogP contribution in [0.4, 0.5) is 5.69 Å². The van der Waals surface area contributed by atoms with Gasteiger partial charge in [0.05, 0.1) is 17.2 Å². The predicted octanol–water partition coefficient (Wildman–Crippen LogP) is 1.63. The molecule has 0 saturated carbocycles. The fraction of sp³-hybridized carbons (Fsp3) is 0.455. The van der Waals surface area contributed by atoms with Gasteiger partial charge in [0.2, 0.25) is 10.0 Å². The van der Waals surface area contributed by atoms with Crippen molar-refractivity contribution in [1.82, 2.24) is 4.72 Å². The number of hydrogen-bond acceptors (Lipinski definition) is 4. The third-order valence-electron chi connectivity index (χ3n) is 2.16. The highest BCUT2D eigenvalue weighted by Gasteiger charge is 2.27. The molecule has 0 aliphatic carbocycles. The van der Waals surface area contributed by atoms with E-state index in [0.717, 1.165) is 0 Å². The molecule has 7 heteroatoms. The number of nitrogens with one attached hydrogen (secondary N) is 1. The van der Waals surface area contributed by atoms with E-state index in [1.165, 1.54) is 19.2 Å². The van der Waals surface area contributed by atoms with Crippen LogP contribution in [0.25, 0.3) is 0 Å². The van der Waals surface area contributed by atoms with Crippen molar-refractivity contribution in [3.05, 3.63) is 23.2 Å². The summed E-state index contributed by atoms with van der Waals surface area (Å²) in [5.41, 5.74) is 5.17. The Morgan fingerprint density at radius 3 is 2.61 bits per heavy atom. The molecule has 1 rings (SSSR count). The zero-order chi connectivity index (χ0) is 14.0. The minimum Gasteiger partial charge on any atom is -0.399 e. The number of nitrogens with two attached hydrogens (primary N) is 1. The van der Waals surface area contributed by atoms with Gasteiger partial charge in [-0.1, -0.05) is 11.6 Å². The van der Waals surface area contributed by atoms with Gasteiger partial charge in [0.25, 0.3) is 0 Å². The van der Waals surface area contributed by atoms with Gasteiger partial charge in [-0.05, 0) is 32.0 Å². The van der Waals surface area contributed by atoms with Crippen molar-refractivity contribution in [2.75, 3.05) is 19.5 Å². The largest absolute Gasteiger partial charge is 0.399 e. The van der Waals surface area contributed by atoms with Gasteiger partial charge < -0.3 is 10.5 Å². The number of rotatable bonds is 5. The fourth-order valence-electron chi connectivity index (χ4n) is 1.53. The second-order valence-electron chi connectivity index (χ2n) is 4.61. The smallest absolute Gasteiger partial charge is 0.242 e. The minimum atomic E-state index is -3.74. The number of sulfonamides is 1. The van der Waals surface area contributed by atoms with Crippen LogP contribution in [0.2, 0.25) is 5.02 Å². The molecule has 0 radical (unpaired) electrons. The molecule has 0 fully saturated rings. The number of halogens is 1. The summed E-state index contributed by atoms with van der Waals surface area (Å²) in [5.74, 6) is 0. The predicted molar refractivity (Wildman–Crippen MR) is 72.1 cm³/mol. The standard InChI is InChI=1S/C11H17ClN2O3S/c1-11(2,7-17-3)14-18(15,16)10-6-8(13)4-5-9(10)12/h4-6,14H,7,13H2,1-3H3. The van der Waals surface area contributed by atoms with E-state index in [0.29, 0.717) is 5.69 Å². The Balaban J connectivity index is 3.11. The summed E-state index contributed by atoms with van der Waals surface area (Å²) >= 11 is 5.88. The highest BCUT2D eigenvalue weighted by molar-refractivity contribution is 7.89. The first-order valence-corrected chi connectivity index (χ1v) is 7.12. The topological polar surface area (TPSA) is 81.4 Å². The third kappa shape index (κ3) is 3.84. The Hall–Kier alpha value is -0.820. The van der Waals surface area contributed by atoms with Gasteiger partial charge in [-0.2, -0.15) is 0 Å². The number of hydrogen-bond donors (Lipinski definition) is 2. The summed E-state index contributed by atoms with van der Waals surface area (Å²) in [4.78, 5) is -0.0339. The molecular formula is C11H17ClN2O3S. The van der Waals surface area contributed by atoms with E-state index in [1.807, 2.05) is 0 Å². The quantitative estimate of drug-likeness (QED) is 0.808. The van der Waals surface area contributed by atoms with Crippen LogP contribution in [-0.4, -0.2) is 27.7 Å². The summed E-state index contributed by atoms with van der Waals surface area (Å²) in [6.07, 6.45) is 0. The summed E-state index contributed by atoms with van der Waals surface area (Å²) in [6, 6.07) is 4.32. The molecule has 0 saturated heterocycles. The Bertz CT molecular complexity index is 529. The highest BCUT2D eigenvalue weighted by Crippen LogP contribution is 2.24. The van der Waals surface area contributed by atoms with E-state index in [9.17, 15) is 8.42 Å². The zero-order valence-electron chi connectivity index (χ0n) is 10.5. The van der Waals surface area contributed by atoms with Crippen LogP contribution in [-0.2, 0) is 14.8 Å². The van der Waals surface area contributed by atoms with Crippen LogP contribution >= 0.6 is 11.6 Å². The Morgan fingerprint density at radius 2 is 2.06 bits per heavy atom. The van der Waals surface area contributed by atoms with Gasteiger partial charge in [0.15, 0.2) is 0 Å². The zero-order valence-corrected chi connectivity index (χ0v) is 12.1. The Kier molecular flexibility index (Phi) is 4.61. The van der Waals surface area contributed by atoms with Gasteiger partial charge >= 0.3 is 0 Å². The number of methoxy groups -OCH3 is 1. The van der Waals surface area contributed by atoms with Crippen LogP contribution in [0.3, 0.4) is 0 Å². The number of nitrogen functional groups attached to an aromatic ring is 1. The monoisotopic (exact) mass is 292 g/mol. The fourth-order valence-corrected chi connectivity index (χ4v) is 3.47. The Morgan fingerprint density at radius 1 is 1.44 bits per heavy atom. The molecule has 0 aromatic heterocycles. The first-order chi connectivity index (χ1) is 8.18. The maximum absolute atomic E-state index is 12.2. The molecule has 1 aromatic rings. The summed E-state index contributed by atoms with van der Waals surface area (Å²) < 4.78 is 31.9. The van der Waals surface area contributed by atoms with Gasteiger partial charge in [-0.25, -0.2) is 13.1 Å². The maximum atomic E-state index is 12.2. The number of ether oxygens (including phenoxy) is 1. The van der Waals surface area contributed by atoms with E-state index in [1.54, 1.807) is 19.9 Å². The maximum Gasteiger partial charge on any atom is 0.242 e. The summed E-state index contributed by atoms with van der Waals surface area (Å²) in [7, 11) is -2.23. The van der Waals surface area contributed by atoms with Crippen LogP contribution in [0.1, 0.15) is 13.8 Å². The van der Waals surface area contributed by atoms with Crippen molar-refractivity contribution in [2.24, 2.45) is 0 Å². The van der Waals surface area contributed by atoms with Crippen LogP contribution < -0.4 is 10.5 Å². The second-order valence-corrected chi connectivity index (χ2v) is 6.67. The molecule has 0 aliphatic rings. The lowest BCUT2D eigenvalue weighted by Crippen LogP contribution is -2.46. The molecule has 0 atom stereocenters. The Labute approximate surface area is 112 Å². The van der Waals surface area contributed by atoms with Crippen molar-refractivity contribution in [2.45, 2.75) is 24.3 Å². The molecule has 18 heavy (non-hydrogen) atoms. The number of benzene rings is 1. The molecule has 0 aliphatic heterocycles. The van der Waals surface area contributed by atoms with E-state index < -0.39 is 15.6 Å². The van der Waals surface area contributed by atoms with E-state index >= 15 is 0 Å². The molecule has 0 spiro atoms. The molecular weight excluding hydrogens is 276 g/mol. The van der Waals surface area contributed by atoms with Gasteiger partial charge in [0.1, 0.15) is 4.90 Å². The third-order valence-corrected chi connectivity index (χ3v) is 4.34. The lowest BCUT2D eigenvalue weighted by Gasteiger charge is -2.25. The molecule has 0 bridgehead atoms. The molecule has 102 valence electrons. The average molecular weight is 293 g/mol. The van der Waals surface area contributed by atoms with Gasteiger partial charge in [-0.3, -0.25) is 0 Å². The van der Waals surface area contributed by atoms with Crippen molar-refractivity contribution in [3.63, 3.8) is 0 Å². The van der Waals surface area contributed by atoms with E-state index in [4.69, 9.17) is 22.1 Å². The minimum absolute atomic E-state index is 0.0339. The van der Waals surface area contributed by atoms with Gasteiger partial charge in [-0.15, -0.1) is 0 Å². The lowest BCUT2D eigenvalue weighted by atomic mass is 10.1. The first kappa shape index (κ1) is 15.2. The van der Waals surface area contributed by atoms with Gasteiger partial charge in [0, 0.05) is 12.8 Å². The van der Waals surface area contributed by atoms with Crippen molar-refractivity contribution >= 4 is 27.3 Å². The summed E-state index contributed by atoms with van der Waals surface area (Å²) in [5, 5.41) is 0.130. The van der Waals surface area contributed by atoms with Crippen molar-refractivity contribution in [3.8, 4) is 0 Å². The first-order valence-electron chi connectivity index (χ1n) is 5.26. The van der Waals surface area contributed by atoms with Crippen molar-refractivity contribution in [1.29, 1.82) is 0 Å². The molecule has 0 amide bonds.